The van der Waals surface area contributed by atoms with Gasteiger partial charge < -0.3 is 10.6 Å². The monoisotopic (exact) mass is 231 g/mol. The van der Waals surface area contributed by atoms with E-state index in [2.05, 4.69) is 21.7 Å². The number of rotatable bonds is 4. The van der Waals surface area contributed by atoms with Crippen LogP contribution >= 0.6 is 0 Å². The maximum atomic E-state index is 4.19. The zero-order valence-electron chi connectivity index (χ0n) is 10.2. The molecular weight excluding hydrogens is 210 g/mol. The SMILES string of the molecule is c1cncc([C@H]2CC2NCC2CCNCC2)c1. The van der Waals surface area contributed by atoms with Crippen LogP contribution in [0.3, 0.4) is 0 Å². The second kappa shape index (κ2) is 5.15. The van der Waals surface area contributed by atoms with Crippen LogP contribution in [0, 0.1) is 5.92 Å². The number of pyridine rings is 1. The van der Waals surface area contributed by atoms with Crippen molar-refractivity contribution < 1.29 is 0 Å². The number of nitrogens with zero attached hydrogens (tertiary/aromatic N) is 1. The van der Waals surface area contributed by atoms with E-state index in [1.807, 2.05) is 18.5 Å². The van der Waals surface area contributed by atoms with E-state index in [0.29, 0.717) is 12.0 Å². The van der Waals surface area contributed by atoms with E-state index in [9.17, 15) is 0 Å². The van der Waals surface area contributed by atoms with Crippen LogP contribution in [0.1, 0.15) is 30.7 Å². The molecule has 3 heteroatoms. The van der Waals surface area contributed by atoms with Crippen LogP contribution in [0.15, 0.2) is 24.5 Å². The van der Waals surface area contributed by atoms with E-state index in [1.54, 1.807) is 0 Å². The molecule has 2 atom stereocenters. The third-order valence-corrected chi connectivity index (χ3v) is 4.03. The van der Waals surface area contributed by atoms with Gasteiger partial charge in [0, 0.05) is 24.4 Å². The van der Waals surface area contributed by atoms with E-state index < -0.39 is 0 Å². The van der Waals surface area contributed by atoms with Gasteiger partial charge in [-0.15, -0.1) is 0 Å². The molecule has 92 valence electrons. The zero-order valence-corrected chi connectivity index (χ0v) is 10.2. The number of nitrogens with one attached hydrogen (secondary N) is 2. The molecule has 0 amide bonds. The second-order valence-corrected chi connectivity index (χ2v) is 5.34. The van der Waals surface area contributed by atoms with Crippen LogP contribution in [-0.4, -0.2) is 30.7 Å². The molecule has 1 aromatic heterocycles. The first kappa shape index (κ1) is 11.2. The van der Waals surface area contributed by atoms with Crippen LogP contribution in [0.25, 0.3) is 0 Å². The highest BCUT2D eigenvalue weighted by molar-refractivity contribution is 5.24. The lowest BCUT2D eigenvalue weighted by Gasteiger charge is -2.22. The average molecular weight is 231 g/mol. The Morgan fingerprint density at radius 2 is 2.24 bits per heavy atom. The van der Waals surface area contributed by atoms with Crippen LogP contribution in [-0.2, 0) is 0 Å². The quantitative estimate of drug-likeness (QED) is 0.825. The van der Waals surface area contributed by atoms with Gasteiger partial charge in [-0.3, -0.25) is 4.98 Å². The summed E-state index contributed by atoms with van der Waals surface area (Å²) in [7, 11) is 0. The molecule has 1 aromatic rings. The highest BCUT2D eigenvalue weighted by Crippen LogP contribution is 2.40. The Bertz CT molecular complexity index is 346. The van der Waals surface area contributed by atoms with Gasteiger partial charge in [-0.1, -0.05) is 6.07 Å². The minimum atomic E-state index is 0.703. The van der Waals surface area contributed by atoms with E-state index in [0.717, 1.165) is 5.92 Å². The Hall–Kier alpha value is -0.930. The first-order chi connectivity index (χ1) is 8.43. The van der Waals surface area contributed by atoms with Crippen LogP contribution < -0.4 is 10.6 Å². The van der Waals surface area contributed by atoms with Crippen molar-refractivity contribution in [3.8, 4) is 0 Å². The van der Waals surface area contributed by atoms with Gasteiger partial charge in [0.15, 0.2) is 0 Å². The fraction of sp³-hybridized carbons (Fsp3) is 0.643. The third-order valence-electron chi connectivity index (χ3n) is 4.03. The number of aromatic nitrogens is 1. The minimum Gasteiger partial charge on any atom is -0.317 e. The Kier molecular flexibility index (Phi) is 3.39. The molecule has 1 aliphatic carbocycles. The van der Waals surface area contributed by atoms with Crippen molar-refractivity contribution in [1.29, 1.82) is 0 Å². The summed E-state index contributed by atoms with van der Waals surface area (Å²) in [5, 5.41) is 7.14. The summed E-state index contributed by atoms with van der Waals surface area (Å²) >= 11 is 0. The standard InChI is InChI=1S/C14H21N3/c1-2-12(10-16-5-1)13-8-14(13)17-9-11-3-6-15-7-4-11/h1-2,5,10-11,13-15,17H,3-4,6-9H2/t13-,14?/m1/s1. The molecule has 2 heterocycles. The van der Waals surface area contributed by atoms with E-state index in [-0.39, 0.29) is 0 Å². The molecule has 3 rings (SSSR count). The molecule has 1 saturated heterocycles. The van der Waals surface area contributed by atoms with Gasteiger partial charge in [0.25, 0.3) is 0 Å². The molecule has 0 spiro atoms. The van der Waals surface area contributed by atoms with Gasteiger partial charge in [0.1, 0.15) is 0 Å². The molecule has 2 N–H and O–H groups in total. The lowest BCUT2D eigenvalue weighted by molar-refractivity contribution is 0.355. The van der Waals surface area contributed by atoms with Gasteiger partial charge in [0.05, 0.1) is 0 Å². The molecule has 0 radical (unpaired) electrons. The fourth-order valence-corrected chi connectivity index (χ4v) is 2.79. The minimum absolute atomic E-state index is 0.703. The van der Waals surface area contributed by atoms with Crippen LogP contribution in [0.2, 0.25) is 0 Å². The molecule has 0 bridgehead atoms. The normalized spacial score (nSPS) is 29.2. The van der Waals surface area contributed by atoms with E-state index >= 15 is 0 Å². The summed E-state index contributed by atoms with van der Waals surface area (Å²) in [6.07, 6.45) is 7.81. The lowest BCUT2D eigenvalue weighted by Crippen LogP contribution is -2.34. The predicted molar refractivity (Wildman–Crippen MR) is 69.0 cm³/mol. The molecule has 2 aliphatic rings. The average Bonchev–Trinajstić information content (AvgIpc) is 3.18. The van der Waals surface area contributed by atoms with Gasteiger partial charge in [-0.2, -0.15) is 0 Å². The first-order valence-corrected chi connectivity index (χ1v) is 6.77. The molecule has 3 nitrogen and oxygen atoms in total. The lowest BCUT2D eigenvalue weighted by atomic mass is 9.98. The van der Waals surface area contributed by atoms with E-state index in [4.69, 9.17) is 0 Å². The Morgan fingerprint density at radius 1 is 1.35 bits per heavy atom. The maximum Gasteiger partial charge on any atom is 0.0303 e. The van der Waals surface area contributed by atoms with Crippen molar-refractivity contribution in [2.24, 2.45) is 5.92 Å². The van der Waals surface area contributed by atoms with Crippen molar-refractivity contribution in [1.82, 2.24) is 15.6 Å². The van der Waals surface area contributed by atoms with Crippen molar-refractivity contribution in [2.75, 3.05) is 19.6 Å². The molecule has 1 saturated carbocycles. The molecule has 2 fully saturated rings. The smallest absolute Gasteiger partial charge is 0.0303 e. The topological polar surface area (TPSA) is 37.0 Å². The molecular formula is C14H21N3. The van der Waals surface area contributed by atoms with Gasteiger partial charge in [0.2, 0.25) is 0 Å². The van der Waals surface area contributed by atoms with Gasteiger partial charge in [-0.05, 0) is 56.4 Å². The molecule has 0 aromatic carbocycles. The van der Waals surface area contributed by atoms with Crippen molar-refractivity contribution in [2.45, 2.75) is 31.2 Å². The Balaban J connectivity index is 1.43. The highest BCUT2D eigenvalue weighted by atomic mass is 15.0. The van der Waals surface area contributed by atoms with Crippen LogP contribution in [0.4, 0.5) is 0 Å². The zero-order chi connectivity index (χ0) is 11.5. The summed E-state index contributed by atoms with van der Waals surface area (Å²) in [6, 6.07) is 4.94. The second-order valence-electron chi connectivity index (χ2n) is 5.34. The highest BCUT2D eigenvalue weighted by Gasteiger charge is 2.38. The molecule has 1 aliphatic heterocycles. The van der Waals surface area contributed by atoms with Crippen molar-refractivity contribution >= 4 is 0 Å². The Labute approximate surface area is 103 Å². The Morgan fingerprint density at radius 3 is 3.00 bits per heavy atom. The number of hydrogen-bond donors (Lipinski definition) is 2. The third kappa shape index (κ3) is 2.85. The largest absolute Gasteiger partial charge is 0.317 e. The van der Waals surface area contributed by atoms with Crippen LogP contribution in [0.5, 0.6) is 0 Å². The summed E-state index contributed by atoms with van der Waals surface area (Å²) < 4.78 is 0. The first-order valence-electron chi connectivity index (χ1n) is 6.77. The predicted octanol–water partition coefficient (Wildman–Crippen LogP) is 1.53. The molecule has 1 unspecified atom stereocenters. The summed E-state index contributed by atoms with van der Waals surface area (Å²) in [5.41, 5.74) is 1.40. The summed E-state index contributed by atoms with van der Waals surface area (Å²) in [5.74, 6) is 1.59. The maximum absolute atomic E-state index is 4.19. The van der Waals surface area contributed by atoms with Crippen molar-refractivity contribution in [3.63, 3.8) is 0 Å². The number of piperidine rings is 1. The molecule has 17 heavy (non-hydrogen) atoms. The van der Waals surface area contributed by atoms with E-state index in [1.165, 1.54) is 44.5 Å². The van der Waals surface area contributed by atoms with Gasteiger partial charge >= 0.3 is 0 Å². The summed E-state index contributed by atoms with van der Waals surface area (Å²) in [4.78, 5) is 4.19. The summed E-state index contributed by atoms with van der Waals surface area (Å²) in [6.45, 7) is 3.59. The van der Waals surface area contributed by atoms with Crippen molar-refractivity contribution in [3.05, 3.63) is 30.1 Å². The number of hydrogen-bond acceptors (Lipinski definition) is 3. The fourth-order valence-electron chi connectivity index (χ4n) is 2.79. The van der Waals surface area contributed by atoms with Gasteiger partial charge in [-0.25, -0.2) is 0 Å².